The Morgan fingerprint density at radius 1 is 1.17 bits per heavy atom. The Labute approximate surface area is 115 Å². The predicted octanol–water partition coefficient (Wildman–Crippen LogP) is 3.54. The SMILES string of the molecule is COc1cc(CN)c(-c2ccc(Cl)s2)cc1OC. The maximum atomic E-state index is 5.97. The van der Waals surface area contributed by atoms with Crippen LogP contribution in [0.4, 0.5) is 0 Å². The third-order valence-electron chi connectivity index (χ3n) is 2.67. The first-order chi connectivity index (χ1) is 8.69. The second-order valence-electron chi connectivity index (χ2n) is 3.67. The van der Waals surface area contributed by atoms with Crippen molar-refractivity contribution in [2.45, 2.75) is 6.54 Å². The molecular weight excluding hydrogens is 270 g/mol. The third kappa shape index (κ3) is 2.46. The number of methoxy groups -OCH3 is 2. The molecule has 0 unspecified atom stereocenters. The molecule has 2 aromatic rings. The van der Waals surface area contributed by atoms with E-state index in [9.17, 15) is 0 Å². The number of benzene rings is 1. The molecule has 1 aromatic heterocycles. The average Bonchev–Trinajstić information content (AvgIpc) is 2.83. The molecule has 18 heavy (non-hydrogen) atoms. The molecule has 0 amide bonds. The van der Waals surface area contributed by atoms with Gasteiger partial charge in [0.15, 0.2) is 11.5 Å². The Balaban J connectivity index is 2.58. The lowest BCUT2D eigenvalue weighted by atomic mass is 10.0. The lowest BCUT2D eigenvalue weighted by Crippen LogP contribution is -2.01. The molecule has 0 bridgehead atoms. The number of halogens is 1. The van der Waals surface area contributed by atoms with Gasteiger partial charge in [-0.1, -0.05) is 11.6 Å². The first-order valence-corrected chi connectivity index (χ1v) is 6.59. The smallest absolute Gasteiger partial charge is 0.161 e. The summed E-state index contributed by atoms with van der Waals surface area (Å²) in [6.45, 7) is 0.436. The first-order valence-electron chi connectivity index (χ1n) is 5.40. The van der Waals surface area contributed by atoms with Crippen molar-refractivity contribution in [2.24, 2.45) is 5.73 Å². The summed E-state index contributed by atoms with van der Waals surface area (Å²) in [5.74, 6) is 1.37. The minimum Gasteiger partial charge on any atom is -0.493 e. The molecule has 0 spiro atoms. The normalized spacial score (nSPS) is 10.4. The van der Waals surface area contributed by atoms with E-state index in [0.717, 1.165) is 20.3 Å². The Morgan fingerprint density at radius 2 is 1.83 bits per heavy atom. The van der Waals surface area contributed by atoms with Crippen LogP contribution in [0.25, 0.3) is 10.4 Å². The molecule has 2 rings (SSSR count). The lowest BCUT2D eigenvalue weighted by Gasteiger charge is -2.13. The quantitative estimate of drug-likeness (QED) is 0.933. The minimum atomic E-state index is 0.436. The van der Waals surface area contributed by atoms with Gasteiger partial charge in [-0.15, -0.1) is 11.3 Å². The van der Waals surface area contributed by atoms with Crippen LogP contribution in [0, 0.1) is 0 Å². The topological polar surface area (TPSA) is 44.5 Å². The largest absolute Gasteiger partial charge is 0.493 e. The van der Waals surface area contributed by atoms with E-state index in [-0.39, 0.29) is 0 Å². The monoisotopic (exact) mass is 283 g/mol. The first kappa shape index (κ1) is 13.2. The molecular formula is C13H14ClNO2S. The zero-order valence-corrected chi connectivity index (χ0v) is 11.8. The van der Waals surface area contributed by atoms with Gasteiger partial charge in [0.05, 0.1) is 18.6 Å². The molecule has 0 fully saturated rings. The molecule has 0 atom stereocenters. The number of thiophene rings is 1. The van der Waals surface area contributed by atoms with E-state index in [4.69, 9.17) is 26.8 Å². The standard InChI is InChI=1S/C13H14ClNO2S/c1-16-10-5-8(7-15)9(6-11(10)17-2)12-3-4-13(14)18-12/h3-6H,7,15H2,1-2H3. The van der Waals surface area contributed by atoms with Crippen LogP contribution < -0.4 is 15.2 Å². The summed E-state index contributed by atoms with van der Waals surface area (Å²) < 4.78 is 11.3. The van der Waals surface area contributed by atoms with Crippen molar-refractivity contribution in [3.63, 3.8) is 0 Å². The highest BCUT2D eigenvalue weighted by molar-refractivity contribution is 7.19. The Bertz CT molecular complexity index is 554. The highest BCUT2D eigenvalue weighted by Gasteiger charge is 2.13. The van der Waals surface area contributed by atoms with E-state index in [1.54, 1.807) is 14.2 Å². The van der Waals surface area contributed by atoms with Crippen LogP contribution in [0.1, 0.15) is 5.56 Å². The maximum absolute atomic E-state index is 5.97. The number of rotatable bonds is 4. The molecule has 0 aliphatic carbocycles. The van der Waals surface area contributed by atoms with Gasteiger partial charge in [-0.2, -0.15) is 0 Å². The van der Waals surface area contributed by atoms with E-state index in [2.05, 4.69) is 0 Å². The van der Waals surface area contributed by atoms with Crippen LogP contribution in [0.2, 0.25) is 4.34 Å². The second kappa shape index (κ2) is 5.61. The zero-order valence-electron chi connectivity index (χ0n) is 10.2. The summed E-state index contributed by atoms with van der Waals surface area (Å²) >= 11 is 7.49. The van der Waals surface area contributed by atoms with Crippen LogP contribution in [-0.4, -0.2) is 14.2 Å². The van der Waals surface area contributed by atoms with Crippen LogP contribution in [0.5, 0.6) is 11.5 Å². The summed E-state index contributed by atoms with van der Waals surface area (Å²) in [4.78, 5) is 1.07. The van der Waals surface area contributed by atoms with Gasteiger partial charge in [-0.25, -0.2) is 0 Å². The van der Waals surface area contributed by atoms with E-state index in [1.807, 2.05) is 24.3 Å². The third-order valence-corrected chi connectivity index (χ3v) is 3.93. The van der Waals surface area contributed by atoms with Crippen LogP contribution in [0.3, 0.4) is 0 Å². The summed E-state index contributed by atoms with van der Waals surface area (Å²) in [5, 5.41) is 0. The molecule has 96 valence electrons. The van der Waals surface area contributed by atoms with Crippen molar-refractivity contribution in [1.82, 2.24) is 0 Å². The van der Waals surface area contributed by atoms with E-state index >= 15 is 0 Å². The maximum Gasteiger partial charge on any atom is 0.161 e. The van der Waals surface area contributed by atoms with Gasteiger partial charge in [0.1, 0.15) is 0 Å². The van der Waals surface area contributed by atoms with Gasteiger partial charge >= 0.3 is 0 Å². The van der Waals surface area contributed by atoms with Crippen molar-refractivity contribution in [1.29, 1.82) is 0 Å². The average molecular weight is 284 g/mol. The van der Waals surface area contributed by atoms with Gasteiger partial charge in [0.2, 0.25) is 0 Å². The van der Waals surface area contributed by atoms with Crippen LogP contribution in [-0.2, 0) is 6.54 Å². The Kier molecular flexibility index (Phi) is 4.11. The van der Waals surface area contributed by atoms with Gasteiger partial charge in [-0.3, -0.25) is 0 Å². The van der Waals surface area contributed by atoms with E-state index in [1.165, 1.54) is 11.3 Å². The van der Waals surface area contributed by atoms with Gasteiger partial charge in [-0.05, 0) is 29.8 Å². The number of hydrogen-bond acceptors (Lipinski definition) is 4. The van der Waals surface area contributed by atoms with Crippen molar-refractivity contribution in [3.8, 4) is 21.9 Å². The molecule has 0 aliphatic heterocycles. The fourth-order valence-corrected chi connectivity index (χ4v) is 2.87. The molecule has 1 aromatic carbocycles. The molecule has 1 heterocycles. The summed E-state index contributed by atoms with van der Waals surface area (Å²) in [6.07, 6.45) is 0. The van der Waals surface area contributed by atoms with Crippen LogP contribution >= 0.6 is 22.9 Å². The van der Waals surface area contributed by atoms with Gasteiger partial charge < -0.3 is 15.2 Å². The fourth-order valence-electron chi connectivity index (χ4n) is 1.78. The molecule has 0 saturated carbocycles. The summed E-state index contributed by atoms with van der Waals surface area (Å²) in [5.41, 5.74) is 7.83. The predicted molar refractivity (Wildman–Crippen MR) is 75.8 cm³/mol. The van der Waals surface area contributed by atoms with E-state index < -0.39 is 0 Å². The molecule has 5 heteroatoms. The van der Waals surface area contributed by atoms with Gasteiger partial charge in [0, 0.05) is 17.0 Å². The molecule has 3 nitrogen and oxygen atoms in total. The van der Waals surface area contributed by atoms with Crippen molar-refractivity contribution in [2.75, 3.05) is 14.2 Å². The lowest BCUT2D eigenvalue weighted by molar-refractivity contribution is 0.354. The van der Waals surface area contributed by atoms with Crippen LogP contribution in [0.15, 0.2) is 24.3 Å². The van der Waals surface area contributed by atoms with Crippen molar-refractivity contribution >= 4 is 22.9 Å². The summed E-state index contributed by atoms with van der Waals surface area (Å²) in [7, 11) is 3.23. The van der Waals surface area contributed by atoms with Crippen molar-refractivity contribution < 1.29 is 9.47 Å². The number of ether oxygens (including phenoxy) is 2. The fraction of sp³-hybridized carbons (Fsp3) is 0.231. The highest BCUT2D eigenvalue weighted by Crippen LogP contribution is 2.39. The second-order valence-corrected chi connectivity index (χ2v) is 5.39. The molecule has 0 radical (unpaired) electrons. The number of nitrogens with two attached hydrogens (primary N) is 1. The molecule has 0 aliphatic rings. The minimum absolute atomic E-state index is 0.436. The van der Waals surface area contributed by atoms with Gasteiger partial charge in [0.25, 0.3) is 0 Å². The number of hydrogen-bond donors (Lipinski definition) is 1. The van der Waals surface area contributed by atoms with Crippen molar-refractivity contribution in [3.05, 3.63) is 34.2 Å². The van der Waals surface area contributed by atoms with E-state index in [0.29, 0.717) is 18.0 Å². The highest BCUT2D eigenvalue weighted by atomic mass is 35.5. The Morgan fingerprint density at radius 3 is 2.33 bits per heavy atom. The molecule has 0 saturated heterocycles. The molecule has 2 N–H and O–H groups in total. The zero-order chi connectivity index (χ0) is 13.1. The Hall–Kier alpha value is -1.23. The summed E-state index contributed by atoms with van der Waals surface area (Å²) in [6, 6.07) is 7.69.